The highest BCUT2D eigenvalue weighted by atomic mass is 32.2. The molecular weight excluding hydrogens is 264 g/mol. The average molecular weight is 284 g/mol. The largest absolute Gasteiger partial charge is 0.350 e. The van der Waals surface area contributed by atoms with Gasteiger partial charge in [-0.1, -0.05) is 6.92 Å². The second kappa shape index (κ2) is 6.06. The van der Waals surface area contributed by atoms with Gasteiger partial charge in [-0.05, 0) is 37.6 Å². The minimum Gasteiger partial charge on any atom is -0.350 e. The highest BCUT2D eigenvalue weighted by Gasteiger charge is 2.13. The number of nitrogens with one attached hydrogen (secondary N) is 1. The monoisotopic (exact) mass is 284 g/mol. The molecule has 1 aromatic carbocycles. The van der Waals surface area contributed by atoms with E-state index in [1.54, 1.807) is 24.3 Å². The fourth-order valence-corrected chi connectivity index (χ4v) is 1.93. The molecule has 0 aliphatic heterocycles. The zero-order valence-electron chi connectivity index (χ0n) is 11.7. The minimum absolute atomic E-state index is 0.117. The van der Waals surface area contributed by atoms with Crippen LogP contribution in [-0.4, -0.2) is 33.7 Å². The minimum atomic E-state index is -3.28. The molecule has 1 rings (SSSR count). The molecule has 1 atom stereocenters. The molecule has 5 nitrogen and oxygen atoms in total. The molecule has 0 fully saturated rings. The van der Waals surface area contributed by atoms with E-state index in [2.05, 4.69) is 5.32 Å². The Morgan fingerprint density at radius 2 is 1.84 bits per heavy atom. The fourth-order valence-electron chi connectivity index (χ4n) is 1.42. The molecule has 0 saturated carbocycles. The lowest BCUT2D eigenvalue weighted by atomic mass is 10.1. The summed E-state index contributed by atoms with van der Waals surface area (Å²) in [4.78, 5) is 11.8. The Labute approximate surface area is 114 Å². The molecule has 1 N–H and O–H groups in total. The van der Waals surface area contributed by atoms with E-state index in [-0.39, 0.29) is 11.9 Å². The van der Waals surface area contributed by atoms with Crippen molar-refractivity contribution in [2.75, 3.05) is 17.6 Å². The molecule has 0 radical (unpaired) electrons. The molecule has 19 heavy (non-hydrogen) atoms. The first-order valence-electron chi connectivity index (χ1n) is 6.10. The molecule has 1 aromatic rings. The van der Waals surface area contributed by atoms with Crippen LogP contribution in [0.4, 0.5) is 5.69 Å². The number of rotatable bonds is 5. The molecule has 0 heterocycles. The molecule has 1 amide bonds. The molecule has 0 aliphatic carbocycles. The van der Waals surface area contributed by atoms with E-state index in [1.165, 1.54) is 11.4 Å². The van der Waals surface area contributed by atoms with Crippen molar-refractivity contribution in [3.05, 3.63) is 29.8 Å². The lowest BCUT2D eigenvalue weighted by molar-refractivity contribution is 0.0939. The summed E-state index contributed by atoms with van der Waals surface area (Å²) in [6.45, 7) is 3.93. The van der Waals surface area contributed by atoms with Crippen LogP contribution < -0.4 is 9.62 Å². The number of carbonyl (C=O) groups excluding carboxylic acids is 1. The van der Waals surface area contributed by atoms with Crippen LogP contribution in [-0.2, 0) is 10.0 Å². The van der Waals surface area contributed by atoms with Crippen molar-refractivity contribution in [2.24, 2.45) is 0 Å². The molecule has 106 valence electrons. The van der Waals surface area contributed by atoms with Crippen molar-refractivity contribution in [1.82, 2.24) is 5.32 Å². The fraction of sp³-hybridized carbons (Fsp3) is 0.462. The van der Waals surface area contributed by atoms with E-state index < -0.39 is 10.0 Å². The van der Waals surface area contributed by atoms with Gasteiger partial charge < -0.3 is 5.32 Å². The van der Waals surface area contributed by atoms with Gasteiger partial charge in [0.05, 0.1) is 11.9 Å². The van der Waals surface area contributed by atoms with Gasteiger partial charge in [-0.25, -0.2) is 8.42 Å². The van der Waals surface area contributed by atoms with Crippen molar-refractivity contribution in [3.63, 3.8) is 0 Å². The number of nitrogens with zero attached hydrogens (tertiary/aromatic N) is 1. The molecular formula is C13H20N2O3S. The predicted octanol–water partition coefficient (Wildman–Crippen LogP) is 1.61. The summed E-state index contributed by atoms with van der Waals surface area (Å²) < 4.78 is 23.9. The Hall–Kier alpha value is -1.56. The van der Waals surface area contributed by atoms with Crippen molar-refractivity contribution < 1.29 is 13.2 Å². The summed E-state index contributed by atoms with van der Waals surface area (Å²) in [6, 6.07) is 6.59. The first-order chi connectivity index (χ1) is 8.75. The molecule has 0 aromatic heterocycles. The van der Waals surface area contributed by atoms with Crippen LogP contribution >= 0.6 is 0 Å². The van der Waals surface area contributed by atoms with Crippen molar-refractivity contribution in [2.45, 2.75) is 26.3 Å². The van der Waals surface area contributed by atoms with E-state index in [0.29, 0.717) is 11.3 Å². The van der Waals surface area contributed by atoms with Gasteiger partial charge >= 0.3 is 0 Å². The first-order valence-corrected chi connectivity index (χ1v) is 7.95. The summed E-state index contributed by atoms with van der Waals surface area (Å²) in [5.41, 5.74) is 1.05. The van der Waals surface area contributed by atoms with Crippen LogP contribution in [0.5, 0.6) is 0 Å². The van der Waals surface area contributed by atoms with E-state index in [9.17, 15) is 13.2 Å². The normalized spacial score (nSPS) is 12.8. The Bertz CT molecular complexity index is 538. The van der Waals surface area contributed by atoms with E-state index in [4.69, 9.17) is 0 Å². The predicted molar refractivity (Wildman–Crippen MR) is 76.9 cm³/mol. The van der Waals surface area contributed by atoms with Crippen LogP contribution in [0.2, 0.25) is 0 Å². The van der Waals surface area contributed by atoms with Gasteiger partial charge in [0.1, 0.15) is 0 Å². The van der Waals surface area contributed by atoms with Crippen LogP contribution in [0.3, 0.4) is 0 Å². The molecule has 0 aliphatic rings. The van der Waals surface area contributed by atoms with Crippen LogP contribution in [0, 0.1) is 0 Å². The Kier molecular flexibility index (Phi) is 4.94. The average Bonchev–Trinajstić information content (AvgIpc) is 2.36. The summed E-state index contributed by atoms with van der Waals surface area (Å²) in [5.74, 6) is -0.150. The third-order valence-electron chi connectivity index (χ3n) is 2.98. The van der Waals surface area contributed by atoms with Gasteiger partial charge in [0.2, 0.25) is 10.0 Å². The SMILES string of the molecule is CC[C@@H](C)NC(=O)c1ccc(N(C)S(C)(=O)=O)cc1. The van der Waals surface area contributed by atoms with E-state index in [0.717, 1.165) is 12.7 Å². The highest BCUT2D eigenvalue weighted by molar-refractivity contribution is 7.92. The Morgan fingerprint density at radius 3 is 2.26 bits per heavy atom. The maximum Gasteiger partial charge on any atom is 0.251 e. The number of benzene rings is 1. The highest BCUT2D eigenvalue weighted by Crippen LogP contribution is 2.16. The molecule has 0 unspecified atom stereocenters. The summed E-state index contributed by atoms with van der Waals surface area (Å²) in [5, 5.41) is 2.85. The second-order valence-corrected chi connectivity index (χ2v) is 6.57. The number of hydrogen-bond acceptors (Lipinski definition) is 3. The number of hydrogen-bond donors (Lipinski definition) is 1. The second-order valence-electron chi connectivity index (χ2n) is 4.56. The Balaban J connectivity index is 2.85. The first kappa shape index (κ1) is 15.5. The summed E-state index contributed by atoms with van der Waals surface area (Å²) in [7, 11) is -1.80. The smallest absolute Gasteiger partial charge is 0.251 e. The molecule has 0 spiro atoms. The quantitative estimate of drug-likeness (QED) is 0.893. The number of carbonyl (C=O) groups is 1. The van der Waals surface area contributed by atoms with E-state index >= 15 is 0 Å². The maximum atomic E-state index is 11.8. The van der Waals surface area contributed by atoms with Gasteiger partial charge in [-0.2, -0.15) is 0 Å². The summed E-state index contributed by atoms with van der Waals surface area (Å²) >= 11 is 0. The molecule has 0 saturated heterocycles. The summed E-state index contributed by atoms with van der Waals surface area (Å²) in [6.07, 6.45) is 2.00. The lowest BCUT2D eigenvalue weighted by Crippen LogP contribution is -2.32. The zero-order valence-corrected chi connectivity index (χ0v) is 12.5. The maximum absolute atomic E-state index is 11.8. The van der Waals surface area contributed by atoms with Crippen molar-refractivity contribution in [1.29, 1.82) is 0 Å². The van der Waals surface area contributed by atoms with Crippen LogP contribution in [0.1, 0.15) is 30.6 Å². The molecule has 6 heteroatoms. The van der Waals surface area contributed by atoms with Crippen molar-refractivity contribution in [3.8, 4) is 0 Å². The van der Waals surface area contributed by atoms with Crippen LogP contribution in [0.15, 0.2) is 24.3 Å². The molecule has 0 bridgehead atoms. The lowest BCUT2D eigenvalue weighted by Gasteiger charge is -2.17. The third kappa shape index (κ3) is 4.24. The van der Waals surface area contributed by atoms with Gasteiger partial charge in [0.15, 0.2) is 0 Å². The van der Waals surface area contributed by atoms with Gasteiger partial charge in [-0.15, -0.1) is 0 Å². The number of sulfonamides is 1. The Morgan fingerprint density at radius 1 is 1.32 bits per heavy atom. The standard InChI is InChI=1S/C13H20N2O3S/c1-5-10(2)14-13(16)11-6-8-12(9-7-11)15(3)19(4,17)18/h6-10H,5H2,1-4H3,(H,14,16)/t10-/m1/s1. The van der Waals surface area contributed by atoms with Crippen molar-refractivity contribution >= 4 is 21.6 Å². The van der Waals surface area contributed by atoms with Gasteiger partial charge in [0, 0.05) is 18.7 Å². The van der Waals surface area contributed by atoms with Crippen LogP contribution in [0.25, 0.3) is 0 Å². The van der Waals surface area contributed by atoms with E-state index in [1.807, 2.05) is 13.8 Å². The number of amides is 1. The zero-order chi connectivity index (χ0) is 14.6. The third-order valence-corrected chi connectivity index (χ3v) is 4.19. The van der Waals surface area contributed by atoms with Gasteiger partial charge in [-0.3, -0.25) is 9.10 Å². The number of anilines is 1. The topological polar surface area (TPSA) is 66.5 Å². The van der Waals surface area contributed by atoms with Gasteiger partial charge in [0.25, 0.3) is 5.91 Å².